The van der Waals surface area contributed by atoms with E-state index in [0.29, 0.717) is 11.8 Å². The van der Waals surface area contributed by atoms with Gasteiger partial charge in [-0.2, -0.15) is 0 Å². The summed E-state index contributed by atoms with van der Waals surface area (Å²) in [4.78, 5) is 3.94. The predicted molar refractivity (Wildman–Crippen MR) is 45.7 cm³/mol. The van der Waals surface area contributed by atoms with Crippen molar-refractivity contribution in [2.24, 2.45) is 16.6 Å². The molecule has 0 amide bonds. The van der Waals surface area contributed by atoms with Crippen LogP contribution in [0.25, 0.3) is 0 Å². The number of hydrogen-bond donors (Lipinski definition) is 1. The number of amidine groups is 1. The highest BCUT2D eigenvalue weighted by Gasteiger charge is 2.33. The summed E-state index contributed by atoms with van der Waals surface area (Å²) < 4.78 is 5.46. The van der Waals surface area contributed by atoms with Crippen molar-refractivity contribution in [3.8, 4) is 0 Å². The monoisotopic (exact) mass is 156 g/mol. The molecule has 1 saturated carbocycles. The van der Waals surface area contributed by atoms with Gasteiger partial charge in [-0.1, -0.05) is 0 Å². The molecule has 0 aliphatic heterocycles. The molecule has 1 aliphatic carbocycles. The summed E-state index contributed by atoms with van der Waals surface area (Å²) in [5.74, 6) is 1.29. The highest BCUT2D eigenvalue weighted by molar-refractivity contribution is 5.85. The largest absolute Gasteiger partial charge is 0.385 e. The molecule has 0 aromatic rings. The van der Waals surface area contributed by atoms with Gasteiger partial charge in [0.25, 0.3) is 0 Å². The highest BCUT2D eigenvalue weighted by Crippen LogP contribution is 2.34. The molecule has 64 valence electrons. The minimum Gasteiger partial charge on any atom is -0.385 e. The Kier molecular flexibility index (Phi) is 2.88. The quantitative estimate of drug-likeness (QED) is 0.483. The summed E-state index contributed by atoms with van der Waals surface area (Å²) in [5, 5.41) is 0. The van der Waals surface area contributed by atoms with Crippen LogP contribution in [0.15, 0.2) is 4.99 Å². The van der Waals surface area contributed by atoms with Crippen LogP contribution in [0.4, 0.5) is 0 Å². The second-order valence-electron chi connectivity index (χ2n) is 2.86. The molecule has 0 saturated heterocycles. The van der Waals surface area contributed by atoms with Gasteiger partial charge in [-0.25, -0.2) is 0 Å². The highest BCUT2D eigenvalue weighted by atomic mass is 16.5. The van der Waals surface area contributed by atoms with Crippen LogP contribution in [0, 0.1) is 5.92 Å². The van der Waals surface area contributed by atoms with Crippen molar-refractivity contribution in [3.63, 3.8) is 0 Å². The zero-order valence-corrected chi connectivity index (χ0v) is 7.21. The Morgan fingerprint density at radius 2 is 2.36 bits per heavy atom. The summed E-state index contributed by atoms with van der Waals surface area (Å²) in [6.07, 6.45) is 2.56. The van der Waals surface area contributed by atoms with E-state index < -0.39 is 0 Å². The van der Waals surface area contributed by atoms with Gasteiger partial charge in [0, 0.05) is 13.7 Å². The first-order chi connectivity index (χ1) is 5.29. The van der Waals surface area contributed by atoms with E-state index in [2.05, 4.69) is 4.99 Å². The maximum atomic E-state index is 5.67. The first-order valence-corrected chi connectivity index (χ1v) is 4.13. The third-order valence-electron chi connectivity index (χ3n) is 1.95. The average molecular weight is 156 g/mol. The minimum atomic E-state index is 0.0880. The van der Waals surface area contributed by atoms with Gasteiger partial charge in [0.1, 0.15) is 11.9 Å². The van der Waals surface area contributed by atoms with Gasteiger partial charge < -0.3 is 10.5 Å². The molecule has 0 spiro atoms. The lowest BCUT2D eigenvalue weighted by Gasteiger charge is -2.14. The minimum absolute atomic E-state index is 0.0880. The van der Waals surface area contributed by atoms with E-state index in [9.17, 15) is 0 Å². The van der Waals surface area contributed by atoms with E-state index in [4.69, 9.17) is 10.5 Å². The fourth-order valence-corrected chi connectivity index (χ4v) is 1.17. The molecule has 11 heavy (non-hydrogen) atoms. The van der Waals surface area contributed by atoms with E-state index in [-0.39, 0.29) is 6.10 Å². The van der Waals surface area contributed by atoms with Gasteiger partial charge in [-0.3, -0.25) is 4.99 Å². The van der Waals surface area contributed by atoms with E-state index in [1.165, 1.54) is 12.8 Å². The zero-order valence-electron chi connectivity index (χ0n) is 7.21. The maximum absolute atomic E-state index is 5.67. The molecule has 2 N–H and O–H groups in total. The van der Waals surface area contributed by atoms with Gasteiger partial charge in [0.05, 0.1) is 0 Å². The van der Waals surface area contributed by atoms with Gasteiger partial charge in [0.15, 0.2) is 0 Å². The maximum Gasteiger partial charge on any atom is 0.123 e. The van der Waals surface area contributed by atoms with Gasteiger partial charge in [0.2, 0.25) is 0 Å². The molecular weight excluding hydrogens is 140 g/mol. The Morgan fingerprint density at radius 1 is 1.73 bits per heavy atom. The SMILES string of the molecule is CCOC(C(N)=NC)C1CC1. The average Bonchev–Trinajstić information content (AvgIpc) is 2.81. The number of hydrogen-bond acceptors (Lipinski definition) is 2. The molecule has 0 heterocycles. The molecule has 1 fully saturated rings. The Balaban J connectivity index is 2.44. The number of ether oxygens (including phenoxy) is 1. The van der Waals surface area contributed by atoms with E-state index in [1.54, 1.807) is 7.05 Å². The van der Waals surface area contributed by atoms with Crippen molar-refractivity contribution in [3.05, 3.63) is 0 Å². The summed E-state index contributed by atoms with van der Waals surface area (Å²) >= 11 is 0. The summed E-state index contributed by atoms with van der Waals surface area (Å²) in [6, 6.07) is 0. The van der Waals surface area contributed by atoms with Crippen molar-refractivity contribution in [1.82, 2.24) is 0 Å². The molecule has 1 atom stereocenters. The number of rotatable bonds is 4. The fourth-order valence-electron chi connectivity index (χ4n) is 1.17. The molecule has 1 rings (SSSR count). The number of nitrogens with zero attached hydrogens (tertiary/aromatic N) is 1. The Labute approximate surface area is 67.6 Å². The first kappa shape index (κ1) is 8.53. The van der Waals surface area contributed by atoms with Crippen LogP contribution in [0.2, 0.25) is 0 Å². The zero-order chi connectivity index (χ0) is 8.27. The number of nitrogens with two attached hydrogens (primary N) is 1. The van der Waals surface area contributed by atoms with E-state index in [1.807, 2.05) is 6.92 Å². The normalized spacial score (nSPS) is 21.8. The summed E-state index contributed by atoms with van der Waals surface area (Å²) in [5.41, 5.74) is 5.67. The van der Waals surface area contributed by atoms with Crippen LogP contribution in [0.1, 0.15) is 19.8 Å². The lowest BCUT2D eigenvalue weighted by molar-refractivity contribution is 0.0937. The molecule has 0 bridgehead atoms. The van der Waals surface area contributed by atoms with Crippen molar-refractivity contribution < 1.29 is 4.74 Å². The van der Waals surface area contributed by atoms with Gasteiger partial charge >= 0.3 is 0 Å². The fraction of sp³-hybridized carbons (Fsp3) is 0.875. The molecule has 3 heteroatoms. The topological polar surface area (TPSA) is 47.6 Å². The third kappa shape index (κ3) is 2.19. The summed E-state index contributed by atoms with van der Waals surface area (Å²) in [7, 11) is 1.71. The lowest BCUT2D eigenvalue weighted by Crippen LogP contribution is -2.33. The molecule has 1 unspecified atom stereocenters. The molecular formula is C8H16N2O. The third-order valence-corrected chi connectivity index (χ3v) is 1.95. The van der Waals surface area contributed by atoms with Crippen LogP contribution in [-0.2, 0) is 4.74 Å². The Morgan fingerprint density at radius 3 is 2.73 bits per heavy atom. The lowest BCUT2D eigenvalue weighted by atomic mass is 10.2. The first-order valence-electron chi connectivity index (χ1n) is 4.13. The number of aliphatic imine (C=N–C) groups is 1. The molecule has 1 aliphatic rings. The second kappa shape index (κ2) is 3.72. The van der Waals surface area contributed by atoms with Crippen LogP contribution in [0.5, 0.6) is 0 Å². The molecule has 0 aromatic carbocycles. The predicted octanol–water partition coefficient (Wildman–Crippen LogP) is 0.789. The molecule has 0 radical (unpaired) electrons. The van der Waals surface area contributed by atoms with Crippen molar-refractivity contribution in [2.45, 2.75) is 25.9 Å². The summed E-state index contributed by atoms with van der Waals surface area (Å²) in [6.45, 7) is 2.70. The van der Waals surface area contributed by atoms with E-state index >= 15 is 0 Å². The van der Waals surface area contributed by atoms with Crippen LogP contribution in [0.3, 0.4) is 0 Å². The van der Waals surface area contributed by atoms with Crippen LogP contribution in [-0.4, -0.2) is 25.6 Å². The van der Waals surface area contributed by atoms with Crippen LogP contribution < -0.4 is 5.73 Å². The Bertz CT molecular complexity index is 152. The van der Waals surface area contributed by atoms with Crippen molar-refractivity contribution in [1.29, 1.82) is 0 Å². The van der Waals surface area contributed by atoms with Crippen molar-refractivity contribution in [2.75, 3.05) is 13.7 Å². The Hall–Kier alpha value is -0.570. The smallest absolute Gasteiger partial charge is 0.123 e. The van der Waals surface area contributed by atoms with Gasteiger partial charge in [-0.05, 0) is 25.7 Å². The molecule has 3 nitrogen and oxygen atoms in total. The van der Waals surface area contributed by atoms with Crippen molar-refractivity contribution >= 4 is 5.84 Å². The standard InChI is InChI=1S/C8H16N2O/c1-3-11-7(6-4-5-6)8(9)10-2/h6-7H,3-5H2,1-2H3,(H2,9,10). The second-order valence-corrected chi connectivity index (χ2v) is 2.86. The molecule has 0 aromatic heterocycles. The van der Waals surface area contributed by atoms with Gasteiger partial charge in [-0.15, -0.1) is 0 Å². The van der Waals surface area contributed by atoms with E-state index in [0.717, 1.165) is 6.61 Å². The van der Waals surface area contributed by atoms with Crippen LogP contribution >= 0.6 is 0 Å².